The molecule has 0 heterocycles. The van der Waals surface area contributed by atoms with Gasteiger partial charge in [-0.1, -0.05) is 24.3 Å². The highest BCUT2D eigenvalue weighted by Gasteiger charge is 2.16. The second-order valence-corrected chi connectivity index (χ2v) is 6.22. The number of carbonyl (C=O) groups is 2. The van der Waals surface area contributed by atoms with Gasteiger partial charge in [0, 0.05) is 6.54 Å². The van der Waals surface area contributed by atoms with Crippen LogP contribution in [-0.2, 0) is 4.79 Å². The van der Waals surface area contributed by atoms with Gasteiger partial charge in [0.25, 0.3) is 5.91 Å². The number of amides is 2. The zero-order valence-corrected chi connectivity index (χ0v) is 15.7. The van der Waals surface area contributed by atoms with Crippen molar-refractivity contribution in [2.24, 2.45) is 0 Å². The van der Waals surface area contributed by atoms with Crippen LogP contribution in [-0.4, -0.2) is 51.0 Å². The molecule has 0 fully saturated rings. The van der Waals surface area contributed by atoms with Crippen molar-refractivity contribution >= 4 is 11.8 Å². The third kappa shape index (κ3) is 5.79. The number of methoxy groups -OCH3 is 1. The summed E-state index contributed by atoms with van der Waals surface area (Å²) in [6, 6.07) is 13.2. The van der Waals surface area contributed by atoms with Crippen LogP contribution in [0.5, 0.6) is 5.75 Å². The molecule has 6 nitrogen and oxygen atoms in total. The molecule has 7 heteroatoms. The smallest absolute Gasteiger partial charge is 0.254 e. The zero-order chi connectivity index (χ0) is 19.8. The van der Waals surface area contributed by atoms with E-state index in [1.165, 1.54) is 18.2 Å². The average molecular weight is 373 g/mol. The zero-order valence-electron chi connectivity index (χ0n) is 15.7. The number of halogens is 1. The van der Waals surface area contributed by atoms with Crippen molar-refractivity contribution in [2.75, 3.05) is 34.3 Å². The third-order valence-electron chi connectivity index (χ3n) is 4.14. The van der Waals surface area contributed by atoms with Gasteiger partial charge >= 0.3 is 0 Å². The van der Waals surface area contributed by atoms with Crippen LogP contribution in [0.15, 0.2) is 48.5 Å². The highest BCUT2D eigenvalue weighted by molar-refractivity contribution is 5.96. The molecule has 0 radical (unpaired) electrons. The molecule has 144 valence electrons. The van der Waals surface area contributed by atoms with Gasteiger partial charge in [-0.3, -0.25) is 9.59 Å². The summed E-state index contributed by atoms with van der Waals surface area (Å²) in [6.45, 7) is 0.143. The largest absolute Gasteiger partial charge is 0.497 e. The van der Waals surface area contributed by atoms with Gasteiger partial charge < -0.3 is 20.3 Å². The number of hydrogen-bond donors (Lipinski definition) is 2. The van der Waals surface area contributed by atoms with Crippen LogP contribution in [0.2, 0.25) is 0 Å². The van der Waals surface area contributed by atoms with Gasteiger partial charge in [-0.05, 0) is 43.9 Å². The molecule has 0 spiro atoms. The maximum absolute atomic E-state index is 13.6. The maximum Gasteiger partial charge on any atom is 0.254 e. The Morgan fingerprint density at radius 1 is 1.07 bits per heavy atom. The molecule has 0 aromatic heterocycles. The van der Waals surface area contributed by atoms with Crippen molar-refractivity contribution < 1.29 is 18.7 Å². The van der Waals surface area contributed by atoms with Gasteiger partial charge in [0.2, 0.25) is 5.91 Å². The average Bonchev–Trinajstić information content (AvgIpc) is 2.67. The van der Waals surface area contributed by atoms with E-state index < -0.39 is 11.7 Å². The monoisotopic (exact) mass is 373 g/mol. The SMILES string of the molecule is COc1ccc(C(CNC(=O)CNC(=O)c2ccccc2F)N(C)C)cc1. The quantitative estimate of drug-likeness (QED) is 0.742. The van der Waals surface area contributed by atoms with Gasteiger partial charge in [-0.2, -0.15) is 0 Å². The third-order valence-corrected chi connectivity index (χ3v) is 4.14. The molecule has 0 saturated heterocycles. The summed E-state index contributed by atoms with van der Waals surface area (Å²) in [6.07, 6.45) is 0. The van der Waals surface area contributed by atoms with Gasteiger partial charge in [0.15, 0.2) is 0 Å². The summed E-state index contributed by atoms with van der Waals surface area (Å²) in [4.78, 5) is 26.0. The number of carbonyl (C=O) groups excluding carboxylic acids is 2. The van der Waals surface area contributed by atoms with Crippen molar-refractivity contribution in [2.45, 2.75) is 6.04 Å². The highest BCUT2D eigenvalue weighted by atomic mass is 19.1. The fourth-order valence-corrected chi connectivity index (χ4v) is 2.60. The van der Waals surface area contributed by atoms with E-state index in [1.807, 2.05) is 43.3 Å². The number of rotatable bonds is 8. The van der Waals surface area contributed by atoms with E-state index in [9.17, 15) is 14.0 Å². The molecule has 0 saturated carbocycles. The molecule has 0 aliphatic heterocycles. The minimum atomic E-state index is -0.623. The first-order valence-corrected chi connectivity index (χ1v) is 8.52. The summed E-state index contributed by atoms with van der Waals surface area (Å²) in [5.74, 6) is -0.832. The number of hydrogen-bond acceptors (Lipinski definition) is 4. The van der Waals surface area contributed by atoms with Gasteiger partial charge in [-0.25, -0.2) is 4.39 Å². The van der Waals surface area contributed by atoms with Crippen LogP contribution >= 0.6 is 0 Å². The summed E-state index contributed by atoms with van der Waals surface area (Å²) in [5.41, 5.74) is 0.936. The van der Waals surface area contributed by atoms with Crippen molar-refractivity contribution in [3.05, 3.63) is 65.5 Å². The fraction of sp³-hybridized carbons (Fsp3) is 0.300. The van der Waals surface area contributed by atoms with Crippen LogP contribution in [0.3, 0.4) is 0 Å². The Hall–Kier alpha value is -2.93. The molecule has 2 aromatic carbocycles. The molecule has 1 unspecified atom stereocenters. The van der Waals surface area contributed by atoms with E-state index in [0.29, 0.717) is 6.54 Å². The van der Waals surface area contributed by atoms with E-state index in [4.69, 9.17) is 4.74 Å². The summed E-state index contributed by atoms with van der Waals surface area (Å²) < 4.78 is 18.7. The summed E-state index contributed by atoms with van der Waals surface area (Å²) in [5, 5.41) is 5.22. The Bertz CT molecular complexity index is 778. The van der Waals surface area contributed by atoms with Crippen LogP contribution in [0, 0.1) is 5.82 Å². The fourth-order valence-electron chi connectivity index (χ4n) is 2.60. The molecule has 2 rings (SSSR count). The van der Waals surface area contributed by atoms with Crippen molar-refractivity contribution in [1.82, 2.24) is 15.5 Å². The lowest BCUT2D eigenvalue weighted by molar-refractivity contribution is -0.120. The maximum atomic E-state index is 13.6. The van der Waals surface area contributed by atoms with E-state index in [-0.39, 0.29) is 24.1 Å². The van der Waals surface area contributed by atoms with E-state index in [2.05, 4.69) is 10.6 Å². The highest BCUT2D eigenvalue weighted by Crippen LogP contribution is 2.20. The van der Waals surface area contributed by atoms with Crippen molar-refractivity contribution in [3.8, 4) is 5.75 Å². The molecule has 2 N–H and O–H groups in total. The van der Waals surface area contributed by atoms with Gasteiger partial charge in [0.05, 0.1) is 25.3 Å². The summed E-state index contributed by atoms with van der Waals surface area (Å²) >= 11 is 0. The minimum absolute atomic E-state index is 0.0397. The molecule has 0 aliphatic rings. The van der Waals surface area contributed by atoms with Crippen molar-refractivity contribution in [3.63, 3.8) is 0 Å². The van der Waals surface area contributed by atoms with Crippen LogP contribution in [0.4, 0.5) is 4.39 Å². The molecule has 0 bridgehead atoms. The van der Waals surface area contributed by atoms with E-state index >= 15 is 0 Å². The topological polar surface area (TPSA) is 70.7 Å². The predicted molar refractivity (Wildman–Crippen MR) is 101 cm³/mol. The molecular weight excluding hydrogens is 349 g/mol. The molecule has 2 aromatic rings. The normalized spacial score (nSPS) is 11.7. The number of nitrogens with one attached hydrogen (secondary N) is 2. The standard InChI is InChI=1S/C20H24FN3O3/c1-24(2)18(14-8-10-15(27-3)11-9-14)12-22-19(25)13-23-20(26)16-6-4-5-7-17(16)21/h4-11,18H,12-13H2,1-3H3,(H,22,25)(H,23,26). The Balaban J connectivity index is 1.88. The molecule has 2 amide bonds. The second-order valence-electron chi connectivity index (χ2n) is 6.22. The number of ether oxygens (including phenoxy) is 1. The summed E-state index contributed by atoms with van der Waals surface area (Å²) in [7, 11) is 5.44. The van der Waals surface area contributed by atoms with Gasteiger partial charge in [-0.15, -0.1) is 0 Å². The molecule has 1 atom stereocenters. The second kappa shape index (κ2) is 9.68. The van der Waals surface area contributed by atoms with E-state index in [0.717, 1.165) is 11.3 Å². The molecule has 0 aliphatic carbocycles. The lowest BCUT2D eigenvalue weighted by Gasteiger charge is -2.25. The first kappa shape index (κ1) is 20.4. The molecular formula is C20H24FN3O3. The van der Waals surface area contributed by atoms with E-state index in [1.54, 1.807) is 13.2 Å². The van der Waals surface area contributed by atoms with Gasteiger partial charge in [0.1, 0.15) is 11.6 Å². The lowest BCUT2D eigenvalue weighted by atomic mass is 10.1. The Labute approximate surface area is 158 Å². The van der Waals surface area contributed by atoms with Crippen LogP contribution in [0.1, 0.15) is 22.0 Å². The minimum Gasteiger partial charge on any atom is -0.497 e. The van der Waals surface area contributed by atoms with Crippen LogP contribution in [0.25, 0.3) is 0 Å². The first-order valence-electron chi connectivity index (χ1n) is 8.52. The number of nitrogens with zero attached hydrogens (tertiary/aromatic N) is 1. The van der Waals surface area contributed by atoms with Crippen molar-refractivity contribution in [1.29, 1.82) is 0 Å². The Kier molecular flexibility index (Phi) is 7.31. The Morgan fingerprint density at radius 2 is 1.74 bits per heavy atom. The molecule has 27 heavy (non-hydrogen) atoms. The number of benzene rings is 2. The first-order chi connectivity index (χ1) is 12.9. The predicted octanol–water partition coefficient (Wildman–Crippen LogP) is 1.98. The van der Waals surface area contributed by atoms with Crippen LogP contribution < -0.4 is 15.4 Å². The lowest BCUT2D eigenvalue weighted by Crippen LogP contribution is -2.40. The Morgan fingerprint density at radius 3 is 2.33 bits per heavy atom. The number of likely N-dealkylation sites (N-methyl/N-ethyl adjacent to an activating group) is 1.